The van der Waals surface area contributed by atoms with Crippen molar-refractivity contribution in [1.29, 1.82) is 0 Å². The first-order valence-corrected chi connectivity index (χ1v) is 7.89. The van der Waals surface area contributed by atoms with E-state index in [1.165, 1.54) is 6.20 Å². The van der Waals surface area contributed by atoms with Gasteiger partial charge in [-0.3, -0.25) is 9.59 Å². The molecule has 2 amide bonds. The fourth-order valence-electron chi connectivity index (χ4n) is 2.47. The van der Waals surface area contributed by atoms with Gasteiger partial charge in [-0.15, -0.1) is 0 Å². The molecule has 3 heterocycles. The predicted octanol–water partition coefficient (Wildman–Crippen LogP) is 1.12. The number of hydrogen-bond donors (Lipinski definition) is 2. The van der Waals surface area contributed by atoms with E-state index in [4.69, 9.17) is 5.73 Å². The van der Waals surface area contributed by atoms with Crippen molar-refractivity contribution in [3.8, 4) is 5.82 Å². The first kappa shape index (κ1) is 16.6. The van der Waals surface area contributed by atoms with Gasteiger partial charge in [0.15, 0.2) is 11.5 Å². The summed E-state index contributed by atoms with van der Waals surface area (Å²) < 4.78 is 1.65. The van der Waals surface area contributed by atoms with Crippen LogP contribution < -0.4 is 11.1 Å². The van der Waals surface area contributed by atoms with Gasteiger partial charge >= 0.3 is 0 Å². The molecule has 8 heteroatoms. The number of nitrogens with one attached hydrogen (secondary N) is 1. The van der Waals surface area contributed by atoms with Gasteiger partial charge in [-0.2, -0.15) is 9.78 Å². The molecule has 0 aliphatic carbocycles. The number of hydrogen-bond acceptors (Lipinski definition) is 5. The Balaban J connectivity index is 1.82. The van der Waals surface area contributed by atoms with E-state index in [9.17, 15) is 9.59 Å². The summed E-state index contributed by atoms with van der Waals surface area (Å²) in [7, 11) is 0. The standard InChI is InChI=1S/C17H18N6O2/c1-11-13-9-12(17(25)20-8-4-5-14(18)24)10-21-16(13)23(22-11)15-6-2-3-7-19-15/h2-3,6-7,9-10H,4-5,8H2,1H3,(H2,18,24)(H,20,25). The maximum atomic E-state index is 12.2. The summed E-state index contributed by atoms with van der Waals surface area (Å²) in [5, 5.41) is 8.00. The predicted molar refractivity (Wildman–Crippen MR) is 92.2 cm³/mol. The highest BCUT2D eigenvalue weighted by Crippen LogP contribution is 2.20. The Bertz CT molecular complexity index is 920. The average molecular weight is 338 g/mol. The molecule has 128 valence electrons. The molecule has 0 atom stereocenters. The van der Waals surface area contributed by atoms with Gasteiger partial charge in [0.05, 0.1) is 11.3 Å². The lowest BCUT2D eigenvalue weighted by atomic mass is 10.2. The first-order valence-electron chi connectivity index (χ1n) is 7.89. The molecule has 3 rings (SSSR count). The largest absolute Gasteiger partial charge is 0.370 e. The second-order valence-corrected chi connectivity index (χ2v) is 5.61. The van der Waals surface area contributed by atoms with E-state index < -0.39 is 0 Å². The van der Waals surface area contributed by atoms with Crippen LogP contribution in [0.15, 0.2) is 36.7 Å². The molecular formula is C17H18N6O2. The van der Waals surface area contributed by atoms with Crippen LogP contribution in [-0.2, 0) is 4.79 Å². The SMILES string of the molecule is Cc1nn(-c2ccccn2)c2ncc(C(=O)NCCCC(N)=O)cc12. The van der Waals surface area contributed by atoms with Crippen LogP contribution in [0.4, 0.5) is 0 Å². The molecule has 0 aliphatic rings. The van der Waals surface area contributed by atoms with Crippen molar-refractivity contribution in [2.45, 2.75) is 19.8 Å². The lowest BCUT2D eigenvalue weighted by molar-refractivity contribution is -0.118. The number of rotatable bonds is 6. The fraction of sp³-hybridized carbons (Fsp3) is 0.235. The molecule has 0 aliphatic heterocycles. The van der Waals surface area contributed by atoms with E-state index in [1.807, 2.05) is 25.1 Å². The van der Waals surface area contributed by atoms with E-state index in [2.05, 4.69) is 20.4 Å². The minimum Gasteiger partial charge on any atom is -0.370 e. The van der Waals surface area contributed by atoms with E-state index in [1.54, 1.807) is 16.9 Å². The quantitative estimate of drug-likeness (QED) is 0.653. The van der Waals surface area contributed by atoms with E-state index >= 15 is 0 Å². The number of fused-ring (bicyclic) bond motifs is 1. The molecule has 3 N–H and O–H groups in total. The van der Waals surface area contributed by atoms with Crippen LogP contribution in [0.1, 0.15) is 28.9 Å². The van der Waals surface area contributed by atoms with Crippen LogP contribution >= 0.6 is 0 Å². The summed E-state index contributed by atoms with van der Waals surface area (Å²) in [6.07, 6.45) is 3.94. The molecule has 0 aromatic carbocycles. The van der Waals surface area contributed by atoms with Crippen molar-refractivity contribution in [3.05, 3.63) is 47.9 Å². The Kier molecular flexibility index (Phi) is 4.69. The number of primary amides is 1. The first-order chi connectivity index (χ1) is 12.1. The van der Waals surface area contributed by atoms with E-state index in [0.29, 0.717) is 30.0 Å². The van der Waals surface area contributed by atoms with Crippen molar-refractivity contribution in [3.63, 3.8) is 0 Å². The number of aryl methyl sites for hydroxylation is 1. The number of amides is 2. The van der Waals surface area contributed by atoms with Crippen LogP contribution in [0.2, 0.25) is 0 Å². The maximum absolute atomic E-state index is 12.2. The summed E-state index contributed by atoms with van der Waals surface area (Å²) >= 11 is 0. The molecule has 25 heavy (non-hydrogen) atoms. The van der Waals surface area contributed by atoms with E-state index in [-0.39, 0.29) is 18.2 Å². The molecule has 8 nitrogen and oxygen atoms in total. The molecule has 0 radical (unpaired) electrons. The second-order valence-electron chi connectivity index (χ2n) is 5.61. The van der Waals surface area contributed by atoms with Gasteiger partial charge in [0.25, 0.3) is 5.91 Å². The third kappa shape index (κ3) is 3.63. The minimum atomic E-state index is -0.380. The number of aromatic nitrogens is 4. The number of pyridine rings is 2. The number of carbonyl (C=O) groups excluding carboxylic acids is 2. The molecule has 3 aromatic heterocycles. The molecule has 0 saturated carbocycles. The second kappa shape index (κ2) is 7.08. The lowest BCUT2D eigenvalue weighted by Gasteiger charge is -2.05. The van der Waals surface area contributed by atoms with Crippen molar-refractivity contribution in [2.24, 2.45) is 5.73 Å². The van der Waals surface area contributed by atoms with Gasteiger partial charge in [0.2, 0.25) is 5.91 Å². The summed E-state index contributed by atoms with van der Waals surface area (Å²) in [5.41, 5.74) is 6.91. The zero-order valence-electron chi connectivity index (χ0n) is 13.8. The Hall–Kier alpha value is -3.29. The van der Waals surface area contributed by atoms with Crippen molar-refractivity contribution in [2.75, 3.05) is 6.54 Å². The molecule has 0 bridgehead atoms. The highest BCUT2D eigenvalue weighted by atomic mass is 16.2. The number of nitrogens with two attached hydrogens (primary N) is 1. The number of nitrogens with zero attached hydrogens (tertiary/aromatic N) is 4. The van der Waals surface area contributed by atoms with Gasteiger partial charge in [-0.1, -0.05) is 6.07 Å². The van der Waals surface area contributed by atoms with Crippen LogP contribution in [0, 0.1) is 6.92 Å². The summed E-state index contributed by atoms with van der Waals surface area (Å²) in [4.78, 5) is 31.6. The van der Waals surface area contributed by atoms with Crippen molar-refractivity contribution >= 4 is 22.8 Å². The smallest absolute Gasteiger partial charge is 0.252 e. The Morgan fingerprint density at radius 3 is 2.84 bits per heavy atom. The normalized spacial score (nSPS) is 10.8. The summed E-state index contributed by atoms with van der Waals surface area (Å²) in [5.74, 6) is 0.0375. The summed E-state index contributed by atoms with van der Waals surface area (Å²) in [6, 6.07) is 7.30. The fourth-order valence-corrected chi connectivity index (χ4v) is 2.47. The molecule has 0 spiro atoms. The zero-order valence-corrected chi connectivity index (χ0v) is 13.8. The average Bonchev–Trinajstić information content (AvgIpc) is 2.95. The Labute approximate surface area is 144 Å². The minimum absolute atomic E-state index is 0.244. The highest BCUT2D eigenvalue weighted by Gasteiger charge is 2.14. The van der Waals surface area contributed by atoms with Crippen LogP contribution in [0.5, 0.6) is 0 Å². The van der Waals surface area contributed by atoms with E-state index in [0.717, 1.165) is 11.1 Å². The zero-order chi connectivity index (χ0) is 17.8. The number of carbonyl (C=O) groups is 2. The van der Waals surface area contributed by atoms with Gasteiger partial charge < -0.3 is 11.1 Å². The van der Waals surface area contributed by atoms with Crippen LogP contribution in [-0.4, -0.2) is 38.1 Å². The monoisotopic (exact) mass is 338 g/mol. The Morgan fingerprint density at radius 1 is 1.28 bits per heavy atom. The van der Waals surface area contributed by atoms with Crippen molar-refractivity contribution < 1.29 is 9.59 Å². The molecule has 0 unspecified atom stereocenters. The third-order valence-corrected chi connectivity index (χ3v) is 3.72. The van der Waals surface area contributed by atoms with Gasteiger partial charge in [0, 0.05) is 30.7 Å². The molecular weight excluding hydrogens is 320 g/mol. The van der Waals surface area contributed by atoms with Crippen LogP contribution in [0.3, 0.4) is 0 Å². The maximum Gasteiger partial charge on any atom is 0.252 e. The van der Waals surface area contributed by atoms with Crippen LogP contribution in [0.25, 0.3) is 16.9 Å². The molecule has 3 aromatic rings. The molecule has 0 saturated heterocycles. The molecule has 0 fully saturated rings. The van der Waals surface area contributed by atoms with Gasteiger partial charge in [-0.25, -0.2) is 9.97 Å². The highest BCUT2D eigenvalue weighted by molar-refractivity contribution is 5.97. The van der Waals surface area contributed by atoms with Crippen molar-refractivity contribution in [1.82, 2.24) is 25.1 Å². The third-order valence-electron chi connectivity index (χ3n) is 3.72. The summed E-state index contributed by atoms with van der Waals surface area (Å²) in [6.45, 7) is 2.24. The van der Waals surface area contributed by atoms with Gasteiger partial charge in [-0.05, 0) is 31.5 Å². The van der Waals surface area contributed by atoms with Gasteiger partial charge in [0.1, 0.15) is 0 Å². The lowest BCUT2D eigenvalue weighted by Crippen LogP contribution is -2.25. The topological polar surface area (TPSA) is 116 Å². The Morgan fingerprint density at radius 2 is 2.12 bits per heavy atom.